The van der Waals surface area contributed by atoms with Crippen molar-refractivity contribution < 1.29 is 22.4 Å². The Morgan fingerprint density at radius 2 is 1.86 bits per heavy atom. The topological polar surface area (TPSA) is 29.1 Å². The fourth-order valence-electron chi connectivity index (χ4n) is 1.90. The molecule has 2 aromatic carbocycles. The fourth-order valence-corrected chi connectivity index (χ4v) is 2.70. The Morgan fingerprint density at radius 3 is 2.45 bits per heavy atom. The standard InChI is InChI=1S/C15H10F4INO/c1-8-5-6-12(11(20)7-8)21-14(22)13-9(15(17,18)19)3-2-4-10(13)16/h2-7H,1H3,(H,21,22). The summed E-state index contributed by atoms with van der Waals surface area (Å²) < 4.78 is 53.1. The van der Waals surface area contributed by atoms with E-state index in [4.69, 9.17) is 0 Å². The van der Waals surface area contributed by atoms with Gasteiger partial charge in [0.25, 0.3) is 5.91 Å². The number of hydrogen-bond donors (Lipinski definition) is 1. The van der Waals surface area contributed by atoms with Crippen LogP contribution in [0.3, 0.4) is 0 Å². The van der Waals surface area contributed by atoms with Gasteiger partial charge < -0.3 is 5.32 Å². The number of carbonyl (C=O) groups is 1. The summed E-state index contributed by atoms with van der Waals surface area (Å²) in [5, 5.41) is 2.32. The Balaban J connectivity index is 2.42. The minimum Gasteiger partial charge on any atom is -0.321 e. The number of rotatable bonds is 2. The molecule has 1 amide bonds. The molecule has 0 bridgehead atoms. The lowest BCUT2D eigenvalue weighted by molar-refractivity contribution is -0.138. The second-order valence-corrected chi connectivity index (χ2v) is 5.76. The maximum Gasteiger partial charge on any atom is 0.417 e. The normalized spacial score (nSPS) is 11.4. The van der Waals surface area contributed by atoms with Crippen molar-refractivity contribution in [1.82, 2.24) is 0 Å². The van der Waals surface area contributed by atoms with Gasteiger partial charge in [0.05, 0.1) is 16.8 Å². The van der Waals surface area contributed by atoms with Crippen molar-refractivity contribution in [1.29, 1.82) is 0 Å². The fraction of sp³-hybridized carbons (Fsp3) is 0.133. The van der Waals surface area contributed by atoms with Gasteiger partial charge in [-0.05, 0) is 59.3 Å². The SMILES string of the molecule is Cc1ccc(NC(=O)c2c(F)cccc2C(F)(F)F)c(I)c1. The van der Waals surface area contributed by atoms with E-state index in [9.17, 15) is 22.4 Å². The molecule has 0 radical (unpaired) electrons. The Hall–Kier alpha value is -1.64. The molecule has 0 aliphatic rings. The Labute approximate surface area is 137 Å². The summed E-state index contributed by atoms with van der Waals surface area (Å²) in [6.45, 7) is 1.84. The number of halogens is 5. The van der Waals surface area contributed by atoms with Gasteiger partial charge in [-0.1, -0.05) is 12.1 Å². The first-order valence-corrected chi connectivity index (χ1v) is 7.21. The van der Waals surface area contributed by atoms with Crippen LogP contribution in [-0.2, 0) is 6.18 Å². The number of nitrogens with one attached hydrogen (secondary N) is 1. The average molecular weight is 423 g/mol. The molecule has 0 aromatic heterocycles. The van der Waals surface area contributed by atoms with Gasteiger partial charge in [-0.2, -0.15) is 13.2 Å². The zero-order valence-corrected chi connectivity index (χ0v) is 13.4. The summed E-state index contributed by atoms with van der Waals surface area (Å²) in [6, 6.07) is 7.43. The van der Waals surface area contributed by atoms with E-state index >= 15 is 0 Å². The first kappa shape index (κ1) is 16.7. The molecule has 7 heteroatoms. The largest absolute Gasteiger partial charge is 0.417 e. The highest BCUT2D eigenvalue weighted by atomic mass is 127. The first-order chi connectivity index (χ1) is 10.2. The van der Waals surface area contributed by atoms with Gasteiger partial charge in [-0.15, -0.1) is 0 Å². The van der Waals surface area contributed by atoms with Crippen LogP contribution in [0.15, 0.2) is 36.4 Å². The number of hydrogen-bond acceptors (Lipinski definition) is 1. The number of aryl methyl sites for hydroxylation is 1. The van der Waals surface area contributed by atoms with Crippen LogP contribution in [0.25, 0.3) is 0 Å². The Kier molecular flexibility index (Phi) is 4.74. The molecule has 22 heavy (non-hydrogen) atoms. The smallest absolute Gasteiger partial charge is 0.321 e. The van der Waals surface area contributed by atoms with Gasteiger partial charge >= 0.3 is 6.18 Å². The lowest BCUT2D eigenvalue weighted by Crippen LogP contribution is -2.21. The molecule has 0 heterocycles. The molecule has 0 saturated carbocycles. The summed E-state index contributed by atoms with van der Waals surface area (Å²) >= 11 is 1.94. The van der Waals surface area contributed by atoms with Crippen molar-refractivity contribution in [2.45, 2.75) is 13.1 Å². The zero-order valence-electron chi connectivity index (χ0n) is 11.3. The van der Waals surface area contributed by atoms with Gasteiger partial charge in [-0.3, -0.25) is 4.79 Å². The molecule has 1 N–H and O–H groups in total. The van der Waals surface area contributed by atoms with E-state index in [1.807, 2.05) is 29.5 Å². The molecular weight excluding hydrogens is 413 g/mol. The molecular formula is C15H10F4INO. The molecule has 0 aliphatic carbocycles. The van der Waals surface area contributed by atoms with Gasteiger partial charge in [0, 0.05) is 3.57 Å². The van der Waals surface area contributed by atoms with Crippen LogP contribution in [0.2, 0.25) is 0 Å². The highest BCUT2D eigenvalue weighted by Crippen LogP contribution is 2.33. The highest BCUT2D eigenvalue weighted by molar-refractivity contribution is 14.1. The van der Waals surface area contributed by atoms with E-state index in [-0.39, 0.29) is 0 Å². The Morgan fingerprint density at radius 1 is 1.18 bits per heavy atom. The lowest BCUT2D eigenvalue weighted by atomic mass is 10.1. The highest BCUT2D eigenvalue weighted by Gasteiger charge is 2.36. The van der Waals surface area contributed by atoms with E-state index < -0.39 is 29.0 Å². The second-order valence-electron chi connectivity index (χ2n) is 4.60. The van der Waals surface area contributed by atoms with E-state index in [2.05, 4.69) is 5.32 Å². The van der Waals surface area contributed by atoms with Gasteiger partial charge in [-0.25, -0.2) is 4.39 Å². The van der Waals surface area contributed by atoms with Crippen molar-refractivity contribution in [3.05, 3.63) is 62.5 Å². The molecule has 0 atom stereocenters. The number of amides is 1. The van der Waals surface area contributed by atoms with Crippen molar-refractivity contribution in [2.75, 3.05) is 5.32 Å². The quantitative estimate of drug-likeness (QED) is 0.534. The first-order valence-electron chi connectivity index (χ1n) is 6.13. The number of alkyl halides is 3. The molecule has 0 fully saturated rings. The monoisotopic (exact) mass is 423 g/mol. The summed E-state index contributed by atoms with van der Waals surface area (Å²) in [7, 11) is 0. The number of carbonyl (C=O) groups excluding carboxylic acids is 1. The summed E-state index contributed by atoms with van der Waals surface area (Å²) in [6.07, 6.45) is -4.81. The van der Waals surface area contributed by atoms with E-state index in [0.717, 1.165) is 17.7 Å². The minimum atomic E-state index is -4.81. The van der Waals surface area contributed by atoms with Crippen molar-refractivity contribution in [2.24, 2.45) is 0 Å². The van der Waals surface area contributed by atoms with Gasteiger partial charge in [0.15, 0.2) is 0 Å². The van der Waals surface area contributed by atoms with Crippen LogP contribution in [0.5, 0.6) is 0 Å². The number of benzene rings is 2. The molecule has 0 unspecified atom stereocenters. The van der Waals surface area contributed by atoms with Crippen LogP contribution in [0.4, 0.5) is 23.2 Å². The molecule has 0 spiro atoms. The van der Waals surface area contributed by atoms with Crippen LogP contribution in [-0.4, -0.2) is 5.91 Å². The second kappa shape index (κ2) is 6.23. The lowest BCUT2D eigenvalue weighted by Gasteiger charge is -2.14. The maximum absolute atomic E-state index is 13.7. The summed E-state index contributed by atoms with van der Waals surface area (Å²) in [5.41, 5.74) is -1.05. The van der Waals surface area contributed by atoms with Crippen molar-refractivity contribution in [3.8, 4) is 0 Å². The summed E-state index contributed by atoms with van der Waals surface area (Å²) in [5.74, 6) is -2.35. The Bertz CT molecular complexity index is 728. The third kappa shape index (κ3) is 3.57. The zero-order chi connectivity index (χ0) is 16.5. The van der Waals surface area contributed by atoms with Crippen molar-refractivity contribution in [3.63, 3.8) is 0 Å². The minimum absolute atomic E-state index is 0.326. The molecule has 2 aromatic rings. The van der Waals surface area contributed by atoms with Crippen molar-refractivity contribution >= 4 is 34.2 Å². The van der Waals surface area contributed by atoms with E-state index in [1.165, 1.54) is 0 Å². The third-order valence-corrected chi connectivity index (χ3v) is 3.81. The predicted molar refractivity (Wildman–Crippen MR) is 83.3 cm³/mol. The van der Waals surface area contributed by atoms with E-state index in [0.29, 0.717) is 15.3 Å². The molecule has 2 rings (SSSR count). The number of anilines is 1. The summed E-state index contributed by atoms with van der Waals surface area (Å²) in [4.78, 5) is 12.1. The maximum atomic E-state index is 13.7. The van der Waals surface area contributed by atoms with Crippen LogP contribution >= 0.6 is 22.6 Å². The predicted octanol–water partition coefficient (Wildman–Crippen LogP) is 5.01. The van der Waals surface area contributed by atoms with Crippen LogP contribution in [0.1, 0.15) is 21.5 Å². The molecule has 0 saturated heterocycles. The average Bonchev–Trinajstić information content (AvgIpc) is 2.40. The molecule has 116 valence electrons. The molecule has 0 aliphatic heterocycles. The third-order valence-electron chi connectivity index (χ3n) is 2.92. The van der Waals surface area contributed by atoms with Gasteiger partial charge in [0.2, 0.25) is 0 Å². The van der Waals surface area contributed by atoms with Crippen LogP contribution < -0.4 is 5.32 Å². The molecule has 2 nitrogen and oxygen atoms in total. The van der Waals surface area contributed by atoms with Gasteiger partial charge in [0.1, 0.15) is 5.82 Å². The van der Waals surface area contributed by atoms with Crippen LogP contribution in [0, 0.1) is 16.3 Å². The van der Waals surface area contributed by atoms with E-state index in [1.54, 1.807) is 18.2 Å².